The summed E-state index contributed by atoms with van der Waals surface area (Å²) < 4.78 is 21.2. The minimum Gasteiger partial charge on any atom is -0.493 e. The number of carbonyl (C=O) groups excluding carboxylic acids is 1. The molecule has 0 amide bonds. The van der Waals surface area contributed by atoms with E-state index in [1.807, 2.05) is 67.6 Å². The number of hydrogen-bond acceptors (Lipinski definition) is 7. The average Bonchev–Trinajstić information content (AvgIpc) is 3.52. The first-order chi connectivity index (χ1) is 22.4. The smallest absolute Gasteiger partial charge is 0.338 e. The number of nitrogens with zero attached hydrogens (tertiary/aromatic N) is 3. The van der Waals surface area contributed by atoms with E-state index < -0.39 is 12.0 Å². The molecule has 1 aliphatic heterocycles. The van der Waals surface area contributed by atoms with Crippen molar-refractivity contribution in [2.24, 2.45) is 4.99 Å². The number of methoxy groups -OCH3 is 1. The zero-order valence-corrected chi connectivity index (χ0v) is 27.3. The minimum absolute atomic E-state index is 0.0869. The van der Waals surface area contributed by atoms with Gasteiger partial charge >= 0.3 is 5.97 Å². The van der Waals surface area contributed by atoms with Gasteiger partial charge in [-0.15, -0.1) is 0 Å². The highest BCUT2D eigenvalue weighted by atomic mass is 32.1. The molecule has 3 heterocycles. The van der Waals surface area contributed by atoms with Crippen LogP contribution in [-0.4, -0.2) is 42.0 Å². The van der Waals surface area contributed by atoms with E-state index in [1.165, 1.54) is 16.9 Å². The van der Waals surface area contributed by atoms with Crippen LogP contribution < -0.4 is 19.6 Å². The molecule has 46 heavy (non-hydrogen) atoms. The fourth-order valence-corrected chi connectivity index (χ4v) is 6.99. The number of thiazole rings is 1. The number of benzene rings is 3. The number of para-hydroxylation sites is 2. The predicted molar refractivity (Wildman–Crippen MR) is 181 cm³/mol. The van der Waals surface area contributed by atoms with Gasteiger partial charge in [0.25, 0.3) is 5.56 Å². The second-order valence-corrected chi connectivity index (χ2v) is 12.2. The molecule has 1 atom stereocenters. The van der Waals surface area contributed by atoms with Crippen LogP contribution in [0.15, 0.2) is 99.9 Å². The van der Waals surface area contributed by atoms with E-state index in [4.69, 9.17) is 19.2 Å². The molecule has 0 unspecified atom stereocenters. The van der Waals surface area contributed by atoms with Gasteiger partial charge in [-0.3, -0.25) is 9.36 Å². The highest BCUT2D eigenvalue weighted by Crippen LogP contribution is 2.36. The second kappa shape index (κ2) is 13.7. The van der Waals surface area contributed by atoms with E-state index >= 15 is 0 Å². The number of hydrogen-bond donors (Lipinski definition) is 0. The van der Waals surface area contributed by atoms with Gasteiger partial charge in [0.1, 0.15) is 18.4 Å². The summed E-state index contributed by atoms with van der Waals surface area (Å²) in [7, 11) is 1.55. The topological polar surface area (TPSA) is 84.1 Å². The molecular formula is C37H37N3O5S. The summed E-state index contributed by atoms with van der Waals surface area (Å²) >= 11 is 1.32. The Balaban J connectivity index is 1.53. The SMILES string of the molecule is CCCOc1ccccc1[C@H]1C(C(=O)OCCOC)=C(C)N=c2s/c(=C/c3c(C)n(Cc4ccccc4)c4ccccc34)c(=O)n21. The number of aromatic nitrogens is 2. The van der Waals surface area contributed by atoms with Crippen molar-refractivity contribution in [2.45, 2.75) is 39.8 Å². The van der Waals surface area contributed by atoms with Gasteiger partial charge in [0.05, 0.1) is 29.0 Å². The maximum atomic E-state index is 14.4. The highest BCUT2D eigenvalue weighted by molar-refractivity contribution is 7.07. The monoisotopic (exact) mass is 635 g/mol. The van der Waals surface area contributed by atoms with Gasteiger partial charge in [-0.1, -0.05) is 85.0 Å². The van der Waals surface area contributed by atoms with E-state index in [2.05, 4.69) is 35.8 Å². The Hall–Kier alpha value is -4.73. The third kappa shape index (κ3) is 5.96. The maximum absolute atomic E-state index is 14.4. The van der Waals surface area contributed by atoms with Crippen molar-refractivity contribution >= 4 is 34.3 Å². The van der Waals surface area contributed by atoms with Gasteiger partial charge in [-0.05, 0) is 44.0 Å². The number of carbonyl (C=O) groups is 1. The van der Waals surface area contributed by atoms with Gasteiger partial charge < -0.3 is 18.8 Å². The molecule has 5 aromatic rings. The summed E-state index contributed by atoms with van der Waals surface area (Å²) in [6, 6.07) is 25.4. The van der Waals surface area contributed by atoms with Crippen molar-refractivity contribution < 1.29 is 19.0 Å². The number of esters is 1. The summed E-state index contributed by atoms with van der Waals surface area (Å²) in [6.45, 7) is 7.47. The van der Waals surface area contributed by atoms with Gasteiger partial charge in [-0.2, -0.15) is 0 Å². The molecule has 0 N–H and O–H groups in total. The van der Waals surface area contributed by atoms with E-state index in [-0.39, 0.29) is 18.8 Å². The van der Waals surface area contributed by atoms with Crippen molar-refractivity contribution in [1.82, 2.24) is 9.13 Å². The molecule has 236 valence electrons. The van der Waals surface area contributed by atoms with Crippen molar-refractivity contribution in [3.05, 3.63) is 132 Å². The van der Waals surface area contributed by atoms with E-state index in [0.29, 0.717) is 45.1 Å². The lowest BCUT2D eigenvalue weighted by atomic mass is 9.95. The predicted octanol–water partition coefficient (Wildman–Crippen LogP) is 5.53. The Morgan fingerprint density at radius 2 is 1.70 bits per heavy atom. The third-order valence-corrected chi connectivity index (χ3v) is 9.16. The first-order valence-corrected chi connectivity index (χ1v) is 16.3. The van der Waals surface area contributed by atoms with Crippen molar-refractivity contribution in [3.8, 4) is 5.75 Å². The Morgan fingerprint density at radius 3 is 2.48 bits per heavy atom. The Labute approximate surface area is 271 Å². The molecular weight excluding hydrogens is 598 g/mol. The quantitative estimate of drug-likeness (QED) is 0.141. The summed E-state index contributed by atoms with van der Waals surface area (Å²) in [5.41, 5.74) is 5.61. The molecule has 0 saturated heterocycles. The van der Waals surface area contributed by atoms with Crippen LogP contribution in [-0.2, 0) is 20.8 Å². The zero-order valence-electron chi connectivity index (χ0n) is 26.5. The molecule has 8 nitrogen and oxygen atoms in total. The third-order valence-electron chi connectivity index (χ3n) is 8.18. The summed E-state index contributed by atoms with van der Waals surface area (Å²) in [6.07, 6.45) is 2.78. The normalized spacial score (nSPS) is 14.8. The van der Waals surface area contributed by atoms with Crippen molar-refractivity contribution in [2.75, 3.05) is 26.9 Å². The molecule has 0 bridgehead atoms. The molecule has 0 fully saturated rings. The van der Waals surface area contributed by atoms with Gasteiger partial charge in [0, 0.05) is 41.4 Å². The average molecular weight is 636 g/mol. The number of fused-ring (bicyclic) bond motifs is 2. The van der Waals surface area contributed by atoms with Crippen LogP contribution in [0.5, 0.6) is 5.75 Å². The molecule has 0 spiro atoms. The Bertz CT molecular complexity index is 2110. The number of rotatable bonds is 11. The summed E-state index contributed by atoms with van der Waals surface area (Å²) in [5.74, 6) is 0.0725. The number of ether oxygens (including phenoxy) is 3. The van der Waals surface area contributed by atoms with Crippen LogP contribution in [0.1, 0.15) is 48.7 Å². The standard InChI is InChI=1S/C37H37N3O5S/c1-5-19-44-31-18-12-10-16-28(31)34-33(36(42)45-21-20-43-4)24(2)38-37-40(34)35(41)32(46-37)22-29-25(3)39(23-26-13-7-6-8-14-26)30-17-11-9-15-27(29)30/h6-18,22,34H,5,19-21,23H2,1-4H3/b32-22+/t34-/m0/s1. The van der Waals surface area contributed by atoms with Gasteiger partial charge in [-0.25, -0.2) is 9.79 Å². The zero-order chi connectivity index (χ0) is 32.2. The molecule has 0 saturated carbocycles. The Kier molecular flexibility index (Phi) is 9.33. The van der Waals surface area contributed by atoms with Crippen molar-refractivity contribution in [1.29, 1.82) is 0 Å². The largest absolute Gasteiger partial charge is 0.493 e. The molecule has 9 heteroatoms. The lowest BCUT2D eigenvalue weighted by Crippen LogP contribution is -2.40. The maximum Gasteiger partial charge on any atom is 0.338 e. The number of allylic oxidation sites excluding steroid dienone is 1. The fraction of sp³-hybridized carbons (Fsp3) is 0.270. The first-order valence-electron chi connectivity index (χ1n) is 15.4. The van der Waals surface area contributed by atoms with Crippen LogP contribution in [0.4, 0.5) is 0 Å². The molecule has 3 aromatic carbocycles. The molecule has 0 radical (unpaired) electrons. The lowest BCUT2D eigenvalue weighted by Gasteiger charge is -2.26. The van der Waals surface area contributed by atoms with Crippen LogP contribution in [0.3, 0.4) is 0 Å². The molecule has 2 aromatic heterocycles. The minimum atomic E-state index is -0.776. The lowest BCUT2D eigenvalue weighted by molar-refractivity contribution is -0.140. The first kappa shape index (κ1) is 31.3. The van der Waals surface area contributed by atoms with Gasteiger partial charge in [0.15, 0.2) is 4.80 Å². The Morgan fingerprint density at radius 1 is 0.957 bits per heavy atom. The van der Waals surface area contributed by atoms with Crippen LogP contribution in [0.25, 0.3) is 17.0 Å². The van der Waals surface area contributed by atoms with Crippen LogP contribution in [0.2, 0.25) is 0 Å². The fourth-order valence-electron chi connectivity index (χ4n) is 5.96. The molecule has 0 aliphatic carbocycles. The van der Waals surface area contributed by atoms with E-state index in [0.717, 1.165) is 28.6 Å². The molecule has 6 rings (SSSR count). The summed E-state index contributed by atoms with van der Waals surface area (Å²) in [5, 5.41) is 1.07. The highest BCUT2D eigenvalue weighted by Gasteiger charge is 2.35. The van der Waals surface area contributed by atoms with E-state index in [1.54, 1.807) is 18.6 Å². The molecule has 1 aliphatic rings. The van der Waals surface area contributed by atoms with Crippen LogP contribution in [0, 0.1) is 6.92 Å². The van der Waals surface area contributed by atoms with Crippen LogP contribution >= 0.6 is 11.3 Å². The second-order valence-electron chi connectivity index (χ2n) is 11.2. The summed E-state index contributed by atoms with van der Waals surface area (Å²) in [4.78, 5) is 33.3. The van der Waals surface area contributed by atoms with Crippen molar-refractivity contribution in [3.63, 3.8) is 0 Å². The van der Waals surface area contributed by atoms with E-state index in [9.17, 15) is 9.59 Å². The van der Waals surface area contributed by atoms with Gasteiger partial charge in [0.2, 0.25) is 0 Å².